The molecule has 6 heteroatoms. The number of carbonyl (C=O) groups is 1. The number of hydrogen-bond acceptors (Lipinski definition) is 6. The van der Waals surface area contributed by atoms with Crippen molar-refractivity contribution in [2.75, 3.05) is 18.5 Å². The van der Waals surface area contributed by atoms with Crippen molar-refractivity contribution in [1.29, 1.82) is 0 Å². The number of anilines is 1. The number of hydrogen-bond donors (Lipinski definition) is 1. The number of nitrogens with zero attached hydrogens (tertiary/aromatic N) is 2. The first kappa shape index (κ1) is 14.5. The van der Waals surface area contributed by atoms with Crippen LogP contribution in [0.3, 0.4) is 0 Å². The van der Waals surface area contributed by atoms with E-state index in [1.807, 2.05) is 30.3 Å². The lowest BCUT2D eigenvalue weighted by Crippen LogP contribution is -2.17. The minimum absolute atomic E-state index is 0.0873. The van der Waals surface area contributed by atoms with Crippen molar-refractivity contribution in [2.45, 2.75) is 6.92 Å². The predicted molar refractivity (Wildman–Crippen MR) is 88.0 cm³/mol. The summed E-state index contributed by atoms with van der Waals surface area (Å²) in [6.07, 6.45) is 1.50. The molecule has 0 spiro atoms. The van der Waals surface area contributed by atoms with Crippen LogP contribution in [0.5, 0.6) is 0 Å². The van der Waals surface area contributed by atoms with E-state index in [1.165, 1.54) is 6.33 Å². The minimum Gasteiger partial charge on any atom is -0.465 e. The normalized spacial score (nSPS) is 10.6. The van der Waals surface area contributed by atoms with Crippen LogP contribution in [0.2, 0.25) is 0 Å². The van der Waals surface area contributed by atoms with Gasteiger partial charge in [0, 0.05) is 10.9 Å². The third kappa shape index (κ3) is 2.92. The minimum atomic E-state index is -0.300. The number of aromatic nitrogens is 2. The molecule has 1 N–H and O–H groups in total. The van der Waals surface area contributed by atoms with E-state index in [0.29, 0.717) is 12.4 Å². The Hall–Kier alpha value is -2.47. The third-order valence-electron chi connectivity index (χ3n) is 3.16. The van der Waals surface area contributed by atoms with Gasteiger partial charge in [0.25, 0.3) is 0 Å². The summed E-state index contributed by atoms with van der Waals surface area (Å²) < 4.78 is 4.93. The smallest absolute Gasteiger partial charge is 0.325 e. The zero-order valence-electron chi connectivity index (χ0n) is 12.1. The molecule has 0 saturated heterocycles. The Morgan fingerprint density at radius 1 is 1.27 bits per heavy atom. The molecule has 2 heterocycles. The SMILES string of the molecule is CCOC(=O)CNc1ncnc2scc(-c3ccccc3)c12. The summed E-state index contributed by atoms with van der Waals surface area (Å²) in [5.74, 6) is 0.351. The van der Waals surface area contributed by atoms with Gasteiger partial charge in [0.15, 0.2) is 0 Å². The maximum absolute atomic E-state index is 11.5. The van der Waals surface area contributed by atoms with Gasteiger partial charge in [-0.25, -0.2) is 9.97 Å². The van der Waals surface area contributed by atoms with Gasteiger partial charge in [0.2, 0.25) is 0 Å². The molecule has 0 fully saturated rings. The highest BCUT2D eigenvalue weighted by atomic mass is 32.1. The summed E-state index contributed by atoms with van der Waals surface area (Å²) in [6, 6.07) is 10.1. The van der Waals surface area contributed by atoms with Gasteiger partial charge < -0.3 is 10.1 Å². The monoisotopic (exact) mass is 313 g/mol. The lowest BCUT2D eigenvalue weighted by atomic mass is 10.1. The van der Waals surface area contributed by atoms with E-state index >= 15 is 0 Å². The summed E-state index contributed by atoms with van der Waals surface area (Å²) in [6.45, 7) is 2.24. The van der Waals surface area contributed by atoms with Crippen molar-refractivity contribution in [3.05, 3.63) is 42.0 Å². The first-order chi connectivity index (χ1) is 10.8. The fourth-order valence-electron chi connectivity index (χ4n) is 2.21. The third-order valence-corrected chi connectivity index (χ3v) is 4.05. The van der Waals surface area contributed by atoms with Gasteiger partial charge in [-0.2, -0.15) is 0 Å². The van der Waals surface area contributed by atoms with Gasteiger partial charge in [-0.15, -0.1) is 11.3 Å². The van der Waals surface area contributed by atoms with Crippen LogP contribution in [0.25, 0.3) is 21.3 Å². The molecular weight excluding hydrogens is 298 g/mol. The second-order valence-electron chi connectivity index (χ2n) is 4.58. The Balaban J connectivity index is 1.97. The highest BCUT2D eigenvalue weighted by Gasteiger charge is 2.13. The molecule has 2 aromatic heterocycles. The summed E-state index contributed by atoms with van der Waals surface area (Å²) in [5.41, 5.74) is 2.16. The fraction of sp³-hybridized carbons (Fsp3) is 0.188. The standard InChI is InChI=1S/C16H15N3O2S/c1-2-21-13(20)8-17-15-14-12(11-6-4-3-5-7-11)9-22-16(14)19-10-18-15/h3-7,9-10H,2,8H2,1H3,(H,17,18,19). The molecule has 0 aliphatic carbocycles. The Labute approximate surface area is 132 Å². The van der Waals surface area contributed by atoms with Crippen LogP contribution in [0.15, 0.2) is 42.0 Å². The van der Waals surface area contributed by atoms with Crippen LogP contribution in [-0.2, 0) is 9.53 Å². The second-order valence-corrected chi connectivity index (χ2v) is 5.43. The number of rotatable bonds is 5. The van der Waals surface area contributed by atoms with Crippen LogP contribution in [-0.4, -0.2) is 29.1 Å². The molecule has 0 radical (unpaired) electrons. The van der Waals surface area contributed by atoms with Gasteiger partial charge in [0.1, 0.15) is 23.5 Å². The van der Waals surface area contributed by atoms with Crippen molar-refractivity contribution >= 4 is 33.3 Å². The molecule has 0 unspecified atom stereocenters. The van der Waals surface area contributed by atoms with Gasteiger partial charge in [-0.05, 0) is 12.5 Å². The average molecular weight is 313 g/mol. The number of carbonyl (C=O) groups excluding carboxylic acids is 1. The van der Waals surface area contributed by atoms with Crippen molar-refractivity contribution in [1.82, 2.24) is 9.97 Å². The molecule has 0 aliphatic rings. The van der Waals surface area contributed by atoms with Gasteiger partial charge in [0.05, 0.1) is 12.0 Å². The maximum atomic E-state index is 11.5. The Morgan fingerprint density at radius 3 is 2.86 bits per heavy atom. The molecule has 0 bridgehead atoms. The average Bonchev–Trinajstić information content (AvgIpc) is 2.99. The van der Waals surface area contributed by atoms with Crippen LogP contribution in [0.1, 0.15) is 6.92 Å². The maximum Gasteiger partial charge on any atom is 0.325 e. The summed E-state index contributed by atoms with van der Waals surface area (Å²) in [7, 11) is 0. The van der Waals surface area contributed by atoms with E-state index in [2.05, 4.69) is 20.7 Å². The molecule has 0 atom stereocenters. The highest BCUT2D eigenvalue weighted by Crippen LogP contribution is 2.36. The number of ether oxygens (including phenoxy) is 1. The number of nitrogens with one attached hydrogen (secondary N) is 1. The van der Waals surface area contributed by atoms with E-state index in [0.717, 1.165) is 21.3 Å². The van der Waals surface area contributed by atoms with Crippen molar-refractivity contribution < 1.29 is 9.53 Å². The number of esters is 1. The summed E-state index contributed by atoms with van der Waals surface area (Å²) in [5, 5.41) is 6.04. The van der Waals surface area contributed by atoms with Gasteiger partial charge >= 0.3 is 5.97 Å². The second kappa shape index (κ2) is 6.53. The van der Waals surface area contributed by atoms with E-state index in [1.54, 1.807) is 18.3 Å². The molecule has 0 saturated carbocycles. The van der Waals surface area contributed by atoms with Gasteiger partial charge in [-0.3, -0.25) is 4.79 Å². The lowest BCUT2D eigenvalue weighted by Gasteiger charge is -2.08. The Kier molecular flexibility index (Phi) is 4.29. The van der Waals surface area contributed by atoms with E-state index in [4.69, 9.17) is 4.74 Å². The summed E-state index contributed by atoms with van der Waals surface area (Å²) in [4.78, 5) is 21.0. The van der Waals surface area contributed by atoms with Crippen molar-refractivity contribution in [2.24, 2.45) is 0 Å². The quantitative estimate of drug-likeness (QED) is 0.732. The van der Waals surface area contributed by atoms with Crippen molar-refractivity contribution in [3.63, 3.8) is 0 Å². The Bertz CT molecular complexity index is 786. The van der Waals surface area contributed by atoms with Crippen LogP contribution >= 0.6 is 11.3 Å². The van der Waals surface area contributed by atoms with Crippen LogP contribution in [0, 0.1) is 0 Å². The first-order valence-electron chi connectivity index (χ1n) is 6.96. The molecule has 3 rings (SSSR count). The van der Waals surface area contributed by atoms with Crippen LogP contribution < -0.4 is 5.32 Å². The zero-order chi connectivity index (χ0) is 15.4. The first-order valence-corrected chi connectivity index (χ1v) is 7.84. The van der Waals surface area contributed by atoms with Crippen molar-refractivity contribution in [3.8, 4) is 11.1 Å². The summed E-state index contributed by atoms with van der Waals surface area (Å²) >= 11 is 1.56. The zero-order valence-corrected chi connectivity index (χ0v) is 12.9. The predicted octanol–water partition coefficient (Wildman–Crippen LogP) is 3.33. The molecule has 0 amide bonds. The lowest BCUT2D eigenvalue weighted by molar-refractivity contribution is -0.140. The molecule has 5 nitrogen and oxygen atoms in total. The van der Waals surface area contributed by atoms with Crippen LogP contribution in [0.4, 0.5) is 5.82 Å². The fourth-order valence-corrected chi connectivity index (χ4v) is 3.12. The molecular formula is C16H15N3O2S. The number of fused-ring (bicyclic) bond motifs is 1. The van der Waals surface area contributed by atoms with E-state index in [9.17, 15) is 4.79 Å². The number of thiophene rings is 1. The molecule has 112 valence electrons. The molecule has 1 aromatic carbocycles. The number of benzene rings is 1. The Morgan fingerprint density at radius 2 is 2.09 bits per heavy atom. The molecule has 0 aliphatic heterocycles. The highest BCUT2D eigenvalue weighted by molar-refractivity contribution is 7.17. The largest absolute Gasteiger partial charge is 0.465 e. The molecule has 3 aromatic rings. The van der Waals surface area contributed by atoms with E-state index in [-0.39, 0.29) is 12.5 Å². The topological polar surface area (TPSA) is 64.1 Å². The molecule has 22 heavy (non-hydrogen) atoms. The van der Waals surface area contributed by atoms with E-state index < -0.39 is 0 Å². The van der Waals surface area contributed by atoms with Gasteiger partial charge in [-0.1, -0.05) is 30.3 Å².